The normalized spacial score (nSPS) is 12.1. The minimum Gasteiger partial charge on any atom is -0.368 e. The first-order valence-electron chi connectivity index (χ1n) is 6.82. The minimum atomic E-state index is -1.15. The van der Waals surface area contributed by atoms with Crippen LogP contribution in [-0.2, 0) is 10.8 Å². The lowest BCUT2D eigenvalue weighted by Crippen LogP contribution is -1.98. The Labute approximate surface area is 138 Å². The molecule has 0 aliphatic carbocycles. The Bertz CT molecular complexity index is 887. The fourth-order valence-corrected chi connectivity index (χ4v) is 2.71. The lowest BCUT2D eigenvalue weighted by Gasteiger charge is -2.09. The van der Waals surface area contributed by atoms with Crippen LogP contribution >= 0.6 is 0 Å². The molecule has 0 spiro atoms. The van der Waals surface area contributed by atoms with Crippen LogP contribution in [0.4, 0.5) is 26.4 Å². The molecule has 0 amide bonds. The molecule has 1 atom stereocenters. The lowest BCUT2D eigenvalue weighted by atomic mass is 10.0. The maximum atomic E-state index is 14.4. The fourth-order valence-electron chi connectivity index (χ4n) is 2.19. The van der Waals surface area contributed by atoms with E-state index in [2.05, 4.69) is 20.5 Å². The number of anilines is 3. The van der Waals surface area contributed by atoms with Gasteiger partial charge in [-0.25, -0.2) is 13.9 Å². The number of H-pyrrole nitrogens is 1. The van der Waals surface area contributed by atoms with Crippen molar-refractivity contribution in [1.29, 1.82) is 0 Å². The number of hydrogen-bond acceptors (Lipinski definition) is 5. The number of nitrogens with two attached hydrogens (primary N) is 1. The third-order valence-electron chi connectivity index (χ3n) is 3.28. The van der Waals surface area contributed by atoms with Crippen molar-refractivity contribution in [2.45, 2.75) is 4.90 Å². The Morgan fingerprint density at radius 3 is 2.29 bits per heavy atom. The maximum Gasteiger partial charge on any atom is 0.248 e. The maximum absolute atomic E-state index is 14.4. The number of nitrogens with one attached hydrogen (secondary N) is 2. The number of rotatable bonds is 4. The summed E-state index contributed by atoms with van der Waals surface area (Å²) in [5.74, 6) is -1.30. The van der Waals surface area contributed by atoms with Gasteiger partial charge >= 0.3 is 0 Å². The standard InChI is InChI=1S/C15H13F2N5OS/c1-24(23)10-4-2-8(3-5-10)13-11(16)6-9(7-12(13)17)19-15-20-14(18)21-22-15/h2-7H,1H3,(H4,18,19,20,21,22). The second-order valence-corrected chi connectivity index (χ2v) is 6.34. The van der Waals surface area contributed by atoms with E-state index < -0.39 is 22.4 Å². The predicted octanol–water partition coefficient (Wildman–Crippen LogP) is 2.81. The van der Waals surface area contributed by atoms with E-state index in [1.807, 2.05) is 0 Å². The van der Waals surface area contributed by atoms with Gasteiger partial charge in [-0.3, -0.25) is 4.21 Å². The Morgan fingerprint density at radius 2 is 1.79 bits per heavy atom. The largest absolute Gasteiger partial charge is 0.368 e. The number of aromatic nitrogens is 3. The number of benzene rings is 2. The molecule has 0 saturated carbocycles. The van der Waals surface area contributed by atoms with E-state index in [9.17, 15) is 13.0 Å². The average Bonchev–Trinajstić information content (AvgIpc) is 2.92. The smallest absolute Gasteiger partial charge is 0.248 e. The zero-order valence-electron chi connectivity index (χ0n) is 12.5. The van der Waals surface area contributed by atoms with Gasteiger partial charge in [0.05, 0.1) is 5.56 Å². The van der Waals surface area contributed by atoms with E-state index in [0.717, 1.165) is 12.1 Å². The van der Waals surface area contributed by atoms with Crippen LogP contribution in [0.2, 0.25) is 0 Å². The highest BCUT2D eigenvalue weighted by Crippen LogP contribution is 2.30. The van der Waals surface area contributed by atoms with Crippen molar-refractivity contribution in [3.63, 3.8) is 0 Å². The topological polar surface area (TPSA) is 96.7 Å². The van der Waals surface area contributed by atoms with Gasteiger partial charge in [-0.2, -0.15) is 4.98 Å². The van der Waals surface area contributed by atoms with Crippen LogP contribution in [0.5, 0.6) is 0 Å². The number of nitrogen functional groups attached to an aromatic ring is 1. The third kappa shape index (κ3) is 3.25. The van der Waals surface area contributed by atoms with Crippen molar-refractivity contribution in [3.8, 4) is 11.1 Å². The molecule has 1 aromatic heterocycles. The molecule has 1 heterocycles. The Hall–Kier alpha value is -2.81. The summed E-state index contributed by atoms with van der Waals surface area (Å²) in [6.07, 6.45) is 1.53. The number of hydrogen-bond donors (Lipinski definition) is 3. The van der Waals surface area contributed by atoms with Crippen LogP contribution in [0.3, 0.4) is 0 Å². The molecular weight excluding hydrogens is 336 g/mol. The van der Waals surface area contributed by atoms with Gasteiger partial charge in [0.1, 0.15) is 11.6 Å². The van der Waals surface area contributed by atoms with Gasteiger partial charge in [0.25, 0.3) is 0 Å². The first-order valence-corrected chi connectivity index (χ1v) is 8.37. The molecule has 0 saturated heterocycles. The molecule has 0 radical (unpaired) electrons. The van der Waals surface area contributed by atoms with Gasteiger partial charge in [-0.15, -0.1) is 5.10 Å². The van der Waals surface area contributed by atoms with E-state index in [-0.39, 0.29) is 23.1 Å². The molecule has 0 bridgehead atoms. The van der Waals surface area contributed by atoms with Crippen molar-refractivity contribution in [1.82, 2.24) is 15.2 Å². The quantitative estimate of drug-likeness (QED) is 0.673. The molecule has 1 unspecified atom stereocenters. The molecule has 0 aliphatic heterocycles. The summed E-state index contributed by atoms with van der Waals surface area (Å²) < 4.78 is 40.1. The van der Waals surface area contributed by atoms with Crippen molar-refractivity contribution in [2.24, 2.45) is 0 Å². The first-order chi connectivity index (χ1) is 11.4. The summed E-state index contributed by atoms with van der Waals surface area (Å²) in [7, 11) is -1.15. The van der Waals surface area contributed by atoms with E-state index >= 15 is 0 Å². The SMILES string of the molecule is CS(=O)c1ccc(-c2c(F)cc(Nc3n[nH]c(N)n3)cc2F)cc1. The highest BCUT2D eigenvalue weighted by molar-refractivity contribution is 7.84. The van der Waals surface area contributed by atoms with Crippen LogP contribution in [0.1, 0.15) is 0 Å². The average molecular weight is 349 g/mol. The van der Waals surface area contributed by atoms with E-state index in [4.69, 9.17) is 5.73 Å². The van der Waals surface area contributed by atoms with Crippen LogP contribution in [0, 0.1) is 11.6 Å². The van der Waals surface area contributed by atoms with Gasteiger partial charge < -0.3 is 11.1 Å². The van der Waals surface area contributed by atoms with Crippen molar-refractivity contribution in [2.75, 3.05) is 17.3 Å². The van der Waals surface area contributed by atoms with Crippen LogP contribution in [0.25, 0.3) is 11.1 Å². The summed E-state index contributed by atoms with van der Waals surface area (Å²) in [4.78, 5) is 4.38. The van der Waals surface area contributed by atoms with Crippen molar-refractivity contribution in [3.05, 3.63) is 48.0 Å². The van der Waals surface area contributed by atoms with E-state index in [1.54, 1.807) is 12.1 Å². The zero-order valence-corrected chi connectivity index (χ0v) is 13.3. The first kappa shape index (κ1) is 16.1. The number of aromatic amines is 1. The van der Waals surface area contributed by atoms with Gasteiger partial charge in [0, 0.05) is 27.6 Å². The molecule has 6 nitrogen and oxygen atoms in total. The van der Waals surface area contributed by atoms with Gasteiger partial charge in [0.2, 0.25) is 11.9 Å². The minimum absolute atomic E-state index is 0.0865. The molecule has 3 aromatic rings. The third-order valence-corrected chi connectivity index (χ3v) is 4.21. The molecule has 4 N–H and O–H groups in total. The van der Waals surface area contributed by atoms with Crippen LogP contribution < -0.4 is 11.1 Å². The summed E-state index contributed by atoms with van der Waals surface area (Å²) in [6, 6.07) is 8.48. The summed E-state index contributed by atoms with van der Waals surface area (Å²) >= 11 is 0. The lowest BCUT2D eigenvalue weighted by molar-refractivity contribution is 0.590. The Balaban J connectivity index is 1.93. The molecule has 9 heteroatoms. The Morgan fingerprint density at radius 1 is 1.17 bits per heavy atom. The van der Waals surface area contributed by atoms with E-state index in [0.29, 0.717) is 10.5 Å². The summed E-state index contributed by atoms with van der Waals surface area (Å²) in [5, 5.41) is 8.80. The van der Waals surface area contributed by atoms with Crippen LogP contribution in [-0.4, -0.2) is 25.6 Å². The summed E-state index contributed by atoms with van der Waals surface area (Å²) in [5.41, 5.74) is 5.73. The molecular formula is C15H13F2N5OS. The molecule has 124 valence electrons. The molecule has 0 aliphatic rings. The van der Waals surface area contributed by atoms with Crippen molar-refractivity contribution < 1.29 is 13.0 Å². The highest BCUT2D eigenvalue weighted by atomic mass is 32.2. The number of nitrogens with zero attached hydrogens (tertiary/aromatic N) is 2. The highest BCUT2D eigenvalue weighted by Gasteiger charge is 2.14. The Kier molecular flexibility index (Phi) is 4.26. The van der Waals surface area contributed by atoms with Gasteiger partial charge in [-0.1, -0.05) is 12.1 Å². The van der Waals surface area contributed by atoms with Crippen LogP contribution in [0.15, 0.2) is 41.3 Å². The fraction of sp³-hybridized carbons (Fsp3) is 0.0667. The second kappa shape index (κ2) is 6.36. The second-order valence-electron chi connectivity index (χ2n) is 4.96. The molecule has 0 fully saturated rings. The van der Waals surface area contributed by atoms with E-state index in [1.165, 1.54) is 18.4 Å². The molecule has 24 heavy (non-hydrogen) atoms. The number of halogens is 2. The van der Waals surface area contributed by atoms with Gasteiger partial charge in [0.15, 0.2) is 0 Å². The monoisotopic (exact) mass is 349 g/mol. The summed E-state index contributed by atoms with van der Waals surface area (Å²) in [6.45, 7) is 0. The van der Waals surface area contributed by atoms with Gasteiger partial charge in [-0.05, 0) is 29.8 Å². The van der Waals surface area contributed by atoms with Crippen molar-refractivity contribution >= 4 is 28.4 Å². The molecule has 2 aromatic carbocycles. The molecule has 3 rings (SSSR count). The predicted molar refractivity (Wildman–Crippen MR) is 88.2 cm³/mol. The zero-order chi connectivity index (χ0) is 17.3.